The van der Waals surface area contributed by atoms with E-state index in [4.69, 9.17) is 19.5 Å². The lowest BCUT2D eigenvalue weighted by Gasteiger charge is -2.29. The first-order valence-corrected chi connectivity index (χ1v) is 8.36. The van der Waals surface area contributed by atoms with Gasteiger partial charge in [0.2, 0.25) is 0 Å². The molecule has 1 saturated heterocycles. The van der Waals surface area contributed by atoms with Crippen molar-refractivity contribution in [1.29, 1.82) is 5.26 Å². The lowest BCUT2D eigenvalue weighted by atomic mass is 10.1. The van der Waals surface area contributed by atoms with Crippen LogP contribution in [-0.2, 0) is 9.47 Å². The fraction of sp³-hybridized carbons (Fsp3) is 0.238. The first-order chi connectivity index (χ1) is 12.7. The van der Waals surface area contributed by atoms with Crippen LogP contribution >= 0.6 is 0 Å². The molecule has 2 aromatic carbocycles. The summed E-state index contributed by atoms with van der Waals surface area (Å²) in [5.74, 6) is 0.272. The maximum Gasteiger partial charge on any atom is 0.343 e. The van der Waals surface area contributed by atoms with Crippen LogP contribution in [0.25, 0.3) is 0 Å². The van der Waals surface area contributed by atoms with Gasteiger partial charge in [-0.3, -0.25) is 0 Å². The van der Waals surface area contributed by atoms with Gasteiger partial charge in [-0.05, 0) is 42.8 Å². The molecule has 0 aliphatic carbocycles. The van der Waals surface area contributed by atoms with Gasteiger partial charge < -0.3 is 14.2 Å². The van der Waals surface area contributed by atoms with Crippen molar-refractivity contribution in [3.05, 3.63) is 77.9 Å². The van der Waals surface area contributed by atoms with Gasteiger partial charge in [0.25, 0.3) is 0 Å². The molecule has 0 N–H and O–H groups in total. The molecule has 26 heavy (non-hydrogen) atoms. The molecule has 132 valence electrons. The number of hydrogen-bond donors (Lipinski definition) is 0. The third-order valence-corrected chi connectivity index (χ3v) is 4.08. The average Bonchev–Trinajstić information content (AvgIpc) is 2.69. The summed E-state index contributed by atoms with van der Waals surface area (Å²) in [6.07, 6.45) is 2.32. The zero-order valence-electron chi connectivity index (χ0n) is 14.3. The summed E-state index contributed by atoms with van der Waals surface area (Å²) in [5.41, 5.74) is 1.80. The maximum absolute atomic E-state index is 12.2. The summed E-state index contributed by atoms with van der Waals surface area (Å²) in [6, 6.07) is 15.4. The number of allylic oxidation sites excluding steroid dienone is 1. The smallest absolute Gasteiger partial charge is 0.343 e. The average molecular weight is 349 g/mol. The van der Waals surface area contributed by atoms with E-state index in [9.17, 15) is 4.79 Å². The Labute approximate surface area is 152 Å². The zero-order valence-corrected chi connectivity index (χ0v) is 14.3. The van der Waals surface area contributed by atoms with Crippen molar-refractivity contribution in [3.63, 3.8) is 0 Å². The fourth-order valence-electron chi connectivity index (χ4n) is 2.65. The highest BCUT2D eigenvalue weighted by Crippen LogP contribution is 2.26. The van der Waals surface area contributed by atoms with Gasteiger partial charge in [0.15, 0.2) is 6.29 Å². The number of carbonyl (C=O) groups excluding carboxylic acids is 1. The van der Waals surface area contributed by atoms with Gasteiger partial charge >= 0.3 is 5.97 Å². The predicted octanol–water partition coefficient (Wildman–Crippen LogP) is 4.02. The molecule has 0 spiro atoms. The maximum atomic E-state index is 12.2. The fourth-order valence-corrected chi connectivity index (χ4v) is 2.65. The van der Waals surface area contributed by atoms with Crippen LogP contribution in [0.15, 0.2) is 61.2 Å². The summed E-state index contributed by atoms with van der Waals surface area (Å²) in [7, 11) is 0. The van der Waals surface area contributed by atoms with Crippen LogP contribution in [0, 0.1) is 17.2 Å². The molecule has 0 atom stereocenters. The van der Waals surface area contributed by atoms with E-state index in [0.717, 1.165) is 12.0 Å². The van der Waals surface area contributed by atoms with Crippen molar-refractivity contribution >= 4 is 5.97 Å². The second-order valence-electron chi connectivity index (χ2n) is 6.04. The van der Waals surface area contributed by atoms with E-state index in [1.165, 1.54) is 0 Å². The highest BCUT2D eigenvalue weighted by atomic mass is 16.7. The van der Waals surface area contributed by atoms with Gasteiger partial charge in [-0.1, -0.05) is 18.2 Å². The van der Waals surface area contributed by atoms with E-state index in [1.54, 1.807) is 48.5 Å². The zero-order chi connectivity index (χ0) is 18.4. The third-order valence-electron chi connectivity index (χ3n) is 4.08. The van der Waals surface area contributed by atoms with Crippen molar-refractivity contribution in [3.8, 4) is 11.8 Å². The number of benzene rings is 2. The quantitative estimate of drug-likeness (QED) is 0.463. The third kappa shape index (κ3) is 4.37. The summed E-state index contributed by atoms with van der Waals surface area (Å²) in [4.78, 5) is 12.2. The Hall–Kier alpha value is -2.94. The van der Waals surface area contributed by atoms with Gasteiger partial charge in [-0.25, -0.2) is 4.79 Å². The lowest BCUT2D eigenvalue weighted by Crippen LogP contribution is -2.26. The Bertz CT molecular complexity index is 797. The van der Waals surface area contributed by atoms with E-state index in [1.807, 2.05) is 12.1 Å². The van der Waals surface area contributed by atoms with Gasteiger partial charge in [-0.2, -0.15) is 5.26 Å². The molecule has 0 saturated carbocycles. The van der Waals surface area contributed by atoms with Crippen LogP contribution < -0.4 is 4.74 Å². The highest BCUT2D eigenvalue weighted by molar-refractivity contribution is 5.91. The topological polar surface area (TPSA) is 68.5 Å². The van der Waals surface area contributed by atoms with Gasteiger partial charge in [0, 0.05) is 11.5 Å². The second kappa shape index (κ2) is 8.43. The molecule has 3 rings (SSSR count). The van der Waals surface area contributed by atoms with E-state index in [-0.39, 0.29) is 0 Å². The lowest BCUT2D eigenvalue weighted by molar-refractivity contribution is -0.204. The number of ether oxygens (including phenoxy) is 3. The molecule has 0 bridgehead atoms. The number of hydrogen-bond acceptors (Lipinski definition) is 5. The van der Waals surface area contributed by atoms with Gasteiger partial charge in [0.1, 0.15) is 5.75 Å². The van der Waals surface area contributed by atoms with Gasteiger partial charge in [0.05, 0.1) is 30.4 Å². The predicted molar refractivity (Wildman–Crippen MR) is 95.5 cm³/mol. The first kappa shape index (κ1) is 17.9. The highest BCUT2D eigenvalue weighted by Gasteiger charge is 2.23. The van der Waals surface area contributed by atoms with Crippen LogP contribution in [0.5, 0.6) is 5.75 Å². The van der Waals surface area contributed by atoms with Crippen LogP contribution in [-0.4, -0.2) is 19.2 Å². The largest absolute Gasteiger partial charge is 0.423 e. The van der Waals surface area contributed by atoms with E-state index in [0.29, 0.717) is 36.0 Å². The Morgan fingerprint density at radius 2 is 1.81 bits per heavy atom. The number of carbonyl (C=O) groups is 1. The molecule has 0 amide bonds. The van der Waals surface area contributed by atoms with Crippen molar-refractivity contribution < 1.29 is 19.0 Å². The molecule has 1 aliphatic rings. The molecule has 0 aromatic heterocycles. The van der Waals surface area contributed by atoms with E-state index >= 15 is 0 Å². The Kier molecular flexibility index (Phi) is 5.80. The molecule has 5 heteroatoms. The monoisotopic (exact) mass is 349 g/mol. The molecule has 1 heterocycles. The summed E-state index contributed by atoms with van der Waals surface area (Å²) in [5, 5.41) is 8.78. The summed E-state index contributed by atoms with van der Waals surface area (Å²) in [6.45, 7) is 4.98. The van der Waals surface area contributed by atoms with E-state index in [2.05, 4.69) is 6.58 Å². The van der Waals surface area contributed by atoms with Crippen LogP contribution in [0.4, 0.5) is 0 Å². The minimum absolute atomic E-state index is 0.338. The first-order valence-electron chi connectivity index (χ1n) is 8.36. The molecule has 2 aromatic rings. The van der Waals surface area contributed by atoms with Crippen molar-refractivity contribution in [1.82, 2.24) is 0 Å². The number of nitrogens with zero attached hydrogens (tertiary/aromatic N) is 1. The SMILES string of the molecule is C=CC[C@H]1CO[C@H](c2ccc(C(=O)Oc3ccc(C#N)cc3)cc2)OC1. The minimum atomic E-state index is -0.460. The molecule has 1 fully saturated rings. The normalized spacial score (nSPS) is 19.3. The molecular weight excluding hydrogens is 330 g/mol. The number of rotatable bonds is 5. The molecule has 0 radical (unpaired) electrons. The Balaban J connectivity index is 1.59. The second-order valence-corrected chi connectivity index (χ2v) is 6.04. The van der Waals surface area contributed by atoms with Crippen LogP contribution in [0.2, 0.25) is 0 Å². The van der Waals surface area contributed by atoms with Crippen molar-refractivity contribution in [2.45, 2.75) is 12.7 Å². The molecule has 0 unspecified atom stereocenters. The Morgan fingerprint density at radius 3 is 2.38 bits per heavy atom. The number of esters is 1. The van der Waals surface area contributed by atoms with Crippen LogP contribution in [0.1, 0.15) is 34.2 Å². The molecular formula is C21H19NO4. The number of nitriles is 1. The Morgan fingerprint density at radius 1 is 1.15 bits per heavy atom. The standard InChI is InChI=1S/C21H19NO4/c1-2-3-16-13-24-21(25-14-16)18-8-6-17(7-9-18)20(23)26-19-10-4-15(12-22)5-11-19/h2,4-11,16,21H,1,3,13-14H2/t16-,21-. The summed E-state index contributed by atoms with van der Waals surface area (Å²) < 4.78 is 16.8. The van der Waals surface area contributed by atoms with Crippen molar-refractivity contribution in [2.24, 2.45) is 5.92 Å². The van der Waals surface area contributed by atoms with Gasteiger partial charge in [-0.15, -0.1) is 6.58 Å². The molecule has 5 nitrogen and oxygen atoms in total. The van der Waals surface area contributed by atoms with Crippen LogP contribution in [0.3, 0.4) is 0 Å². The summed E-state index contributed by atoms with van der Waals surface area (Å²) >= 11 is 0. The minimum Gasteiger partial charge on any atom is -0.423 e. The molecule has 1 aliphatic heterocycles. The van der Waals surface area contributed by atoms with E-state index < -0.39 is 12.3 Å². The van der Waals surface area contributed by atoms with Crippen molar-refractivity contribution in [2.75, 3.05) is 13.2 Å².